The average molecular weight is 1180 g/mol. The first kappa shape index (κ1) is 49.6. The van der Waals surface area contributed by atoms with E-state index in [4.69, 9.17) is 0 Å². The minimum atomic E-state index is 0. The van der Waals surface area contributed by atoms with Crippen LogP contribution in [-0.4, -0.2) is 0 Å². The molecular weight excluding hydrogens is 1120 g/mol. The van der Waals surface area contributed by atoms with E-state index in [9.17, 15) is 0 Å². The summed E-state index contributed by atoms with van der Waals surface area (Å²) >= 11 is 14.4. The molecule has 8 unspecified atom stereocenters. The van der Waals surface area contributed by atoms with Crippen molar-refractivity contribution in [1.82, 2.24) is 0 Å². The van der Waals surface area contributed by atoms with Gasteiger partial charge in [-0.15, -0.1) is 0 Å². The zero-order chi connectivity index (χ0) is 45.2. The Hall–Kier alpha value is -3.80. The summed E-state index contributed by atoms with van der Waals surface area (Å²) in [5, 5.41) is 3.59. The van der Waals surface area contributed by atoms with Crippen LogP contribution in [0.3, 0.4) is 0 Å². The van der Waals surface area contributed by atoms with Gasteiger partial charge in [0.1, 0.15) is 0 Å². The fraction of sp³-hybridized carbons (Fsp3) is 0.226. The number of hydrogen-bond acceptors (Lipinski definition) is 0. The van der Waals surface area contributed by atoms with E-state index in [1.54, 1.807) is 0 Å². The number of rotatable bonds is 12. The van der Waals surface area contributed by atoms with Crippen LogP contribution < -0.4 is 0 Å². The zero-order valence-electron chi connectivity index (χ0n) is 37.5. The van der Waals surface area contributed by atoms with E-state index >= 15 is 0 Å². The van der Waals surface area contributed by atoms with Crippen molar-refractivity contribution in [3.63, 3.8) is 0 Å². The summed E-state index contributed by atoms with van der Waals surface area (Å²) < 4.78 is 0. The largest absolute Gasteiger partial charge is 0.0876 e. The summed E-state index contributed by atoms with van der Waals surface area (Å²) in [4.78, 5) is 0. The molecule has 2 fully saturated rings. The molecule has 0 heterocycles. The second-order valence-corrected chi connectivity index (χ2v) is 20.4. The first-order valence-corrected chi connectivity index (χ1v) is 27.8. The molecule has 10 rings (SSSR count). The van der Waals surface area contributed by atoms with Crippen molar-refractivity contribution >= 4 is 63.7 Å². The van der Waals surface area contributed by atoms with Crippen LogP contribution in [0, 0.1) is 0 Å². The van der Waals surface area contributed by atoms with Gasteiger partial charge in [-0.05, 0) is 127 Å². The molecule has 0 bridgehead atoms. The summed E-state index contributed by atoms with van der Waals surface area (Å²) in [6.07, 6.45) is 2.31. The van der Waals surface area contributed by atoms with Crippen molar-refractivity contribution in [2.24, 2.45) is 0 Å². The third-order valence-corrected chi connectivity index (χ3v) is 17.1. The summed E-state index contributed by atoms with van der Waals surface area (Å²) in [6, 6.07) is 81.8. The first-order chi connectivity index (χ1) is 32.6. The fourth-order valence-corrected chi connectivity index (χ4v) is 12.9. The number of benzene rings is 8. The van der Waals surface area contributed by atoms with E-state index in [-0.39, 0.29) is 17.1 Å². The van der Waals surface area contributed by atoms with Crippen LogP contribution in [0.5, 0.6) is 0 Å². The van der Waals surface area contributed by atoms with Crippen LogP contribution in [0.15, 0.2) is 218 Å². The normalized spacial score (nSPS) is 22.0. The Morgan fingerprint density at radius 2 is 0.418 bits per heavy atom. The molecule has 8 aromatic rings. The maximum absolute atomic E-state index is 3.60. The second kappa shape index (κ2) is 24.2. The molecule has 0 amide bonds. The number of halogens is 4. The number of alkyl halides is 4. The van der Waals surface area contributed by atoms with E-state index in [0.717, 1.165) is 34.2 Å². The maximum atomic E-state index is 3.60. The van der Waals surface area contributed by atoms with Crippen molar-refractivity contribution in [2.45, 2.75) is 81.5 Å². The van der Waals surface area contributed by atoms with Crippen molar-refractivity contribution < 1.29 is 17.1 Å². The minimum absolute atomic E-state index is 0. The Labute approximate surface area is 443 Å². The molecule has 8 atom stereocenters. The van der Waals surface area contributed by atoms with Crippen LogP contribution in [-0.2, 0) is 38.4 Å². The zero-order valence-corrected chi connectivity index (χ0v) is 45.0. The molecule has 0 aliphatic heterocycles. The van der Waals surface area contributed by atoms with Crippen LogP contribution in [0.2, 0.25) is 0 Å². The van der Waals surface area contributed by atoms with E-state index in [2.05, 4.69) is 282 Å². The Kier molecular flexibility index (Phi) is 17.9. The van der Waals surface area contributed by atoms with Gasteiger partial charge in [0.2, 0.25) is 0 Å². The molecule has 2 aliphatic carbocycles. The van der Waals surface area contributed by atoms with E-state index in [0.29, 0.717) is 47.3 Å². The van der Waals surface area contributed by atoms with Gasteiger partial charge in [-0.2, -0.15) is 0 Å². The molecule has 2 aliphatic rings. The Balaban J connectivity index is 0.000000179. The summed E-state index contributed by atoms with van der Waals surface area (Å²) in [5.74, 6) is 3.64. The minimum Gasteiger partial charge on any atom is -0.0876 e. The van der Waals surface area contributed by atoms with Crippen molar-refractivity contribution in [3.8, 4) is 0 Å². The second-order valence-electron chi connectivity index (χ2n) is 18.1. The molecule has 67 heavy (non-hydrogen) atoms. The first-order valence-electron chi connectivity index (χ1n) is 23.4. The molecule has 5 heteroatoms. The van der Waals surface area contributed by atoms with Gasteiger partial charge in [-0.3, -0.25) is 0 Å². The van der Waals surface area contributed by atoms with Crippen LogP contribution in [0.25, 0.3) is 0 Å². The van der Waals surface area contributed by atoms with E-state index in [1.165, 1.54) is 66.8 Å². The molecule has 0 nitrogen and oxygen atoms in total. The summed E-state index contributed by atoms with van der Waals surface area (Å²) in [5.41, 5.74) is 16.9. The van der Waals surface area contributed by atoms with Crippen molar-refractivity contribution in [1.29, 1.82) is 0 Å². The Bertz CT molecular complexity index is 2310. The molecule has 0 aromatic heterocycles. The van der Waals surface area contributed by atoms with Gasteiger partial charge in [-0.25, -0.2) is 0 Å². The van der Waals surface area contributed by atoms with Gasteiger partial charge in [0, 0.05) is 38.4 Å². The third-order valence-electron chi connectivity index (χ3n) is 14.5. The van der Waals surface area contributed by atoms with E-state index in [1.807, 2.05) is 0 Å². The predicted octanol–water partition coefficient (Wildman–Crippen LogP) is 18.6. The van der Waals surface area contributed by atoms with Gasteiger partial charge in [0.25, 0.3) is 0 Å². The van der Waals surface area contributed by atoms with Gasteiger partial charge in [-0.1, -0.05) is 282 Å². The molecule has 2 saturated carbocycles. The fourth-order valence-electron chi connectivity index (χ4n) is 11.4. The molecule has 0 radical (unpaired) electrons. The molecular formula is C62H56Br4Fe. The van der Waals surface area contributed by atoms with Gasteiger partial charge < -0.3 is 0 Å². The summed E-state index contributed by atoms with van der Waals surface area (Å²) in [7, 11) is 0. The predicted molar refractivity (Wildman–Crippen MR) is 293 cm³/mol. The van der Waals surface area contributed by atoms with Crippen LogP contribution >= 0.6 is 63.7 Å². The topological polar surface area (TPSA) is 0 Å². The van der Waals surface area contributed by atoms with E-state index < -0.39 is 0 Å². The van der Waals surface area contributed by atoms with Crippen molar-refractivity contribution in [2.75, 3.05) is 0 Å². The SMILES string of the molecule is BrCc1ccc(C2CC(c3ccc(CBr)cc3)C(c3ccccc3)C2c2ccccc2)cc1.BrCc1ccc(C2CC(c3ccc(CBr)cc3)C(c3ccccc3)C2c2ccccc2)cc1.[Fe]. The standard InChI is InChI=1S/2C31H28Br2.Fe/c2*32-20-22-11-15-24(16-12-22)28-19-29(25-17-13-23(21-33)14-18-25)31(27-9-5-2-6-10-27)30(28)26-7-3-1-4-8-26;/h2*1-18,28-31H,19-21H2;. The number of hydrogen-bond donors (Lipinski definition) is 0. The molecule has 0 N–H and O–H groups in total. The monoisotopic (exact) mass is 1170 g/mol. The molecule has 0 saturated heterocycles. The molecule has 340 valence electrons. The van der Waals surface area contributed by atoms with Crippen LogP contribution in [0.4, 0.5) is 0 Å². The Morgan fingerprint density at radius 3 is 0.582 bits per heavy atom. The van der Waals surface area contributed by atoms with Crippen LogP contribution in [0.1, 0.15) is 127 Å². The third kappa shape index (κ3) is 11.5. The quantitative estimate of drug-likeness (QED) is 0.0845. The smallest absolute Gasteiger partial charge is 0.0283 e. The van der Waals surface area contributed by atoms with Crippen molar-refractivity contribution in [3.05, 3.63) is 285 Å². The molecule has 0 spiro atoms. The maximum Gasteiger partial charge on any atom is 0.0283 e. The van der Waals surface area contributed by atoms with Gasteiger partial charge in [0.15, 0.2) is 0 Å². The van der Waals surface area contributed by atoms with Gasteiger partial charge in [0.05, 0.1) is 0 Å². The van der Waals surface area contributed by atoms with Gasteiger partial charge >= 0.3 is 0 Å². The average Bonchev–Trinajstić information content (AvgIpc) is 4.01. The molecule has 8 aromatic carbocycles. The Morgan fingerprint density at radius 1 is 0.239 bits per heavy atom. The summed E-state index contributed by atoms with van der Waals surface area (Å²) in [6.45, 7) is 0.